The minimum Gasteiger partial charge on any atom is -0.394 e. The number of allylic oxidation sites excluding steroid dienone is 8. The molecule has 0 aliphatic carbocycles. The zero-order chi connectivity index (χ0) is 46.7. The Kier molecular flexibility index (Phi) is 50.8. The third-order valence-electron chi connectivity index (χ3n) is 13.0. The van der Waals surface area contributed by atoms with Crippen LogP contribution in [-0.4, -0.2) is 57.3 Å². The molecule has 6 nitrogen and oxygen atoms in total. The molecule has 0 heterocycles. The van der Waals surface area contributed by atoms with E-state index in [1.165, 1.54) is 186 Å². The first-order chi connectivity index (χ1) is 31.5. The quantitative estimate of drug-likeness (QED) is 0.0309. The second-order valence-corrected chi connectivity index (χ2v) is 19.3. The van der Waals surface area contributed by atoms with Crippen LogP contribution >= 0.6 is 0 Å². The molecule has 4 atom stereocenters. The van der Waals surface area contributed by atoms with Gasteiger partial charge in [0, 0.05) is 0 Å². The minimum absolute atomic E-state index is 0.351. The van der Waals surface area contributed by atoms with Gasteiger partial charge >= 0.3 is 0 Å². The molecule has 0 aromatic heterocycles. The fraction of sp³-hybridized carbons (Fsp3) is 0.845. The normalized spacial score (nSPS) is 14.2. The molecule has 5 N–H and O–H groups in total. The summed E-state index contributed by atoms with van der Waals surface area (Å²) in [5.74, 6) is -0.603. The average Bonchev–Trinajstić information content (AvgIpc) is 3.30. The van der Waals surface area contributed by atoms with Gasteiger partial charge in [0.25, 0.3) is 0 Å². The van der Waals surface area contributed by atoms with Crippen molar-refractivity contribution in [1.82, 2.24) is 5.32 Å². The highest BCUT2D eigenvalue weighted by molar-refractivity contribution is 5.80. The summed E-state index contributed by atoms with van der Waals surface area (Å²) in [7, 11) is 0. The minimum atomic E-state index is -1.30. The molecule has 64 heavy (non-hydrogen) atoms. The van der Waals surface area contributed by atoms with Gasteiger partial charge in [0.2, 0.25) is 5.91 Å². The molecule has 376 valence electrons. The molecule has 6 heteroatoms. The first-order valence-electron chi connectivity index (χ1n) is 28.0. The van der Waals surface area contributed by atoms with Crippen LogP contribution in [0.15, 0.2) is 48.6 Å². The third-order valence-corrected chi connectivity index (χ3v) is 13.0. The summed E-state index contributed by atoms with van der Waals surface area (Å²) in [5, 5.41) is 43.9. The van der Waals surface area contributed by atoms with E-state index in [2.05, 4.69) is 67.8 Å². The lowest BCUT2D eigenvalue weighted by atomic mass is 10.00. The van der Waals surface area contributed by atoms with Crippen molar-refractivity contribution in [3.8, 4) is 0 Å². The van der Waals surface area contributed by atoms with E-state index < -0.39 is 36.9 Å². The van der Waals surface area contributed by atoms with E-state index in [-0.39, 0.29) is 0 Å². The first-order valence-corrected chi connectivity index (χ1v) is 28.0. The fourth-order valence-electron chi connectivity index (χ4n) is 8.55. The van der Waals surface area contributed by atoms with Gasteiger partial charge in [0.15, 0.2) is 0 Å². The maximum atomic E-state index is 12.6. The Morgan fingerprint density at radius 3 is 0.984 bits per heavy atom. The zero-order valence-electron chi connectivity index (χ0n) is 42.5. The molecule has 1 amide bonds. The van der Waals surface area contributed by atoms with Gasteiger partial charge in [-0.3, -0.25) is 4.79 Å². The number of unbranched alkanes of at least 4 members (excludes halogenated alkanes) is 34. The fourth-order valence-corrected chi connectivity index (χ4v) is 8.55. The predicted octanol–water partition coefficient (Wildman–Crippen LogP) is 16.2. The van der Waals surface area contributed by atoms with Crippen LogP contribution in [0.2, 0.25) is 0 Å². The third kappa shape index (κ3) is 45.4. The highest BCUT2D eigenvalue weighted by Gasteiger charge is 2.28. The Hall–Kier alpha value is -1.73. The number of aliphatic hydroxyl groups is 4. The molecule has 0 aromatic carbocycles. The van der Waals surface area contributed by atoms with Crippen LogP contribution < -0.4 is 5.32 Å². The lowest BCUT2D eigenvalue weighted by Crippen LogP contribution is -2.53. The molecule has 0 rings (SSSR count). The van der Waals surface area contributed by atoms with Gasteiger partial charge < -0.3 is 25.7 Å². The Morgan fingerprint density at radius 2 is 0.656 bits per heavy atom. The lowest BCUT2D eigenvalue weighted by molar-refractivity contribution is -0.132. The molecule has 0 aliphatic heterocycles. The average molecular weight is 901 g/mol. The number of aliphatic hydroxyl groups excluding tert-OH is 4. The number of hydrogen-bond donors (Lipinski definition) is 5. The summed E-state index contributed by atoms with van der Waals surface area (Å²) in [4.78, 5) is 12.6. The topological polar surface area (TPSA) is 110 Å². The van der Waals surface area contributed by atoms with Crippen LogP contribution in [0.5, 0.6) is 0 Å². The second kappa shape index (κ2) is 52.2. The van der Waals surface area contributed by atoms with Crippen LogP contribution in [-0.2, 0) is 4.79 Å². The van der Waals surface area contributed by atoms with Gasteiger partial charge in [-0.1, -0.05) is 242 Å². The Bertz CT molecular complexity index is 1060. The summed E-state index contributed by atoms with van der Waals surface area (Å²) in [6.07, 6.45) is 66.1. The Labute approximate surface area is 398 Å². The van der Waals surface area contributed by atoms with Gasteiger partial charge in [0.05, 0.1) is 18.8 Å². The van der Waals surface area contributed by atoms with Crippen molar-refractivity contribution in [3.63, 3.8) is 0 Å². The van der Waals surface area contributed by atoms with Crippen molar-refractivity contribution in [1.29, 1.82) is 0 Å². The molecule has 0 spiro atoms. The molecular weight excluding hydrogens is 791 g/mol. The lowest BCUT2D eigenvalue weighted by Gasteiger charge is -2.27. The standard InChI is InChI=1S/C58H109NO5/c1-3-5-7-9-11-13-15-17-19-21-23-25-26-27-28-29-30-31-32-34-35-37-39-41-43-45-47-49-51-55(61)57(63)54(53-60)59-58(64)56(62)52-50-48-46-44-42-40-38-36-33-24-22-20-18-16-14-12-10-8-6-4-2/h30-31,33,35-37,43,45,54-57,60-63H,3-29,32,34,38-42,44,46-53H2,1-2H3,(H,59,64)/b31-30+,36-33-,37-35+,45-43+. The number of hydrogen-bond acceptors (Lipinski definition) is 5. The van der Waals surface area contributed by atoms with E-state index >= 15 is 0 Å². The van der Waals surface area contributed by atoms with E-state index in [1.807, 2.05) is 0 Å². The predicted molar refractivity (Wildman–Crippen MR) is 279 cm³/mol. The highest BCUT2D eigenvalue weighted by Crippen LogP contribution is 2.16. The summed E-state index contributed by atoms with van der Waals surface area (Å²) in [6, 6.07) is -1.02. The summed E-state index contributed by atoms with van der Waals surface area (Å²) in [6.45, 7) is 4.06. The summed E-state index contributed by atoms with van der Waals surface area (Å²) in [5.41, 5.74) is 0. The molecular formula is C58H109NO5. The maximum absolute atomic E-state index is 12.6. The molecule has 0 saturated carbocycles. The molecule has 0 fully saturated rings. The van der Waals surface area contributed by atoms with Crippen LogP contribution in [0, 0.1) is 0 Å². The number of amides is 1. The Morgan fingerprint density at radius 1 is 0.375 bits per heavy atom. The number of rotatable bonds is 51. The van der Waals surface area contributed by atoms with Gasteiger partial charge in [0.1, 0.15) is 12.2 Å². The van der Waals surface area contributed by atoms with Crippen molar-refractivity contribution >= 4 is 5.91 Å². The molecule has 0 saturated heterocycles. The van der Waals surface area contributed by atoms with Gasteiger partial charge in [-0.25, -0.2) is 0 Å². The molecule has 0 aliphatic rings. The molecule has 0 aromatic rings. The van der Waals surface area contributed by atoms with E-state index in [4.69, 9.17) is 0 Å². The van der Waals surface area contributed by atoms with Crippen LogP contribution in [0.25, 0.3) is 0 Å². The molecule has 4 unspecified atom stereocenters. The molecule has 0 radical (unpaired) electrons. The maximum Gasteiger partial charge on any atom is 0.249 e. The van der Waals surface area contributed by atoms with Crippen LogP contribution in [0.1, 0.15) is 284 Å². The van der Waals surface area contributed by atoms with E-state index in [0.717, 1.165) is 64.2 Å². The van der Waals surface area contributed by atoms with Gasteiger partial charge in [-0.15, -0.1) is 0 Å². The van der Waals surface area contributed by atoms with Gasteiger partial charge in [-0.2, -0.15) is 0 Å². The summed E-state index contributed by atoms with van der Waals surface area (Å²) < 4.78 is 0. The van der Waals surface area contributed by atoms with Crippen molar-refractivity contribution in [2.75, 3.05) is 6.61 Å². The smallest absolute Gasteiger partial charge is 0.249 e. The van der Waals surface area contributed by atoms with E-state index in [9.17, 15) is 25.2 Å². The molecule has 0 bridgehead atoms. The number of nitrogens with one attached hydrogen (secondary N) is 1. The van der Waals surface area contributed by atoms with Crippen LogP contribution in [0.4, 0.5) is 0 Å². The SMILES string of the molecule is CCCCCCCCCCCC/C=C\CCCCCCCCC(O)C(=O)NC(CO)C(O)C(O)CCC/C=C/CC/C=C/CC/C=C/CCCCCCCCCCCCCCCCC. The Balaban J connectivity index is 3.73. The van der Waals surface area contributed by atoms with Crippen molar-refractivity contribution < 1.29 is 25.2 Å². The monoisotopic (exact) mass is 900 g/mol. The van der Waals surface area contributed by atoms with Crippen molar-refractivity contribution in [2.45, 2.75) is 308 Å². The number of carbonyl (C=O) groups excluding carboxylic acids is 1. The van der Waals surface area contributed by atoms with E-state index in [0.29, 0.717) is 19.3 Å². The van der Waals surface area contributed by atoms with E-state index in [1.54, 1.807) is 0 Å². The second-order valence-electron chi connectivity index (χ2n) is 19.3. The van der Waals surface area contributed by atoms with Gasteiger partial charge in [-0.05, 0) is 89.9 Å². The van der Waals surface area contributed by atoms with Crippen molar-refractivity contribution in [3.05, 3.63) is 48.6 Å². The first kappa shape index (κ1) is 62.3. The number of carbonyl (C=O) groups is 1. The largest absolute Gasteiger partial charge is 0.394 e. The van der Waals surface area contributed by atoms with Crippen LogP contribution in [0.3, 0.4) is 0 Å². The zero-order valence-corrected chi connectivity index (χ0v) is 42.5. The highest BCUT2D eigenvalue weighted by atomic mass is 16.3. The summed E-state index contributed by atoms with van der Waals surface area (Å²) >= 11 is 0. The van der Waals surface area contributed by atoms with Crippen molar-refractivity contribution in [2.24, 2.45) is 0 Å².